The van der Waals surface area contributed by atoms with Gasteiger partial charge in [-0.15, -0.1) is 0 Å². The molecule has 0 unspecified atom stereocenters. The van der Waals surface area contributed by atoms with Gasteiger partial charge in [0.25, 0.3) is 0 Å². The molecule has 0 saturated heterocycles. The number of rotatable bonds is 6. The number of pyridine rings is 1. The molecule has 0 bridgehead atoms. The van der Waals surface area contributed by atoms with Crippen LogP contribution in [0.15, 0.2) is 85.5 Å². The summed E-state index contributed by atoms with van der Waals surface area (Å²) < 4.78 is 2.01. The Morgan fingerprint density at radius 2 is 1.75 bits per heavy atom. The molecule has 1 aliphatic carbocycles. The lowest BCUT2D eigenvalue weighted by Crippen LogP contribution is -2.43. The highest BCUT2D eigenvalue weighted by Gasteiger charge is 2.34. The highest BCUT2D eigenvalue weighted by atomic mass is 15.1. The van der Waals surface area contributed by atoms with Crippen molar-refractivity contribution < 1.29 is 0 Å². The topological polar surface area (TPSA) is 80.6 Å². The number of nitrogens with one attached hydrogen (secondary N) is 1. The number of aromatic nitrogens is 3. The Balaban J connectivity index is 1.71. The van der Waals surface area contributed by atoms with Gasteiger partial charge in [-0.05, 0) is 49.1 Å². The van der Waals surface area contributed by atoms with E-state index in [9.17, 15) is 0 Å². The largest absolute Gasteiger partial charge is 0.321 e. The Kier molecular flexibility index (Phi) is 5.04. The monoisotopic (exact) mass is 419 g/mol. The van der Waals surface area contributed by atoms with Crippen molar-refractivity contribution in [2.24, 2.45) is 5.73 Å². The molecule has 0 atom stereocenters. The molecular formula is C27H25N5. The second kappa shape index (κ2) is 8.02. The number of imidazole rings is 1. The van der Waals surface area contributed by atoms with Gasteiger partial charge in [-0.2, -0.15) is 0 Å². The highest BCUT2D eigenvalue weighted by Crippen LogP contribution is 2.39. The van der Waals surface area contributed by atoms with Crippen molar-refractivity contribution in [1.29, 1.82) is 5.41 Å². The van der Waals surface area contributed by atoms with Crippen molar-refractivity contribution in [3.8, 4) is 16.9 Å². The van der Waals surface area contributed by atoms with Crippen LogP contribution in [-0.4, -0.2) is 20.7 Å². The maximum absolute atomic E-state index is 7.93. The second-order valence-corrected chi connectivity index (χ2v) is 8.23. The lowest BCUT2D eigenvalue weighted by molar-refractivity contribution is 0.253. The zero-order chi connectivity index (χ0) is 22.1. The zero-order valence-corrected chi connectivity index (χ0v) is 17.8. The molecular weight excluding hydrogens is 394 g/mol. The highest BCUT2D eigenvalue weighted by molar-refractivity contribution is 6.08. The maximum Gasteiger partial charge on any atom is 0.165 e. The van der Waals surface area contributed by atoms with Gasteiger partial charge in [0.05, 0.1) is 5.69 Å². The third-order valence-electron chi connectivity index (χ3n) is 6.23. The summed E-state index contributed by atoms with van der Waals surface area (Å²) in [5.74, 6) is 0.659. The Morgan fingerprint density at radius 1 is 1.00 bits per heavy atom. The fourth-order valence-electron chi connectivity index (χ4n) is 4.27. The fraction of sp³-hybridized carbons (Fsp3) is 0.148. The van der Waals surface area contributed by atoms with Crippen LogP contribution in [0.5, 0.6) is 0 Å². The van der Waals surface area contributed by atoms with Gasteiger partial charge in [0, 0.05) is 28.6 Å². The number of benzene rings is 2. The third-order valence-corrected chi connectivity index (χ3v) is 6.23. The van der Waals surface area contributed by atoms with Crippen LogP contribution in [0.4, 0.5) is 0 Å². The van der Waals surface area contributed by atoms with Crippen LogP contribution in [-0.2, 0) is 5.54 Å². The van der Waals surface area contributed by atoms with Crippen LogP contribution in [0.25, 0.3) is 33.7 Å². The number of allylic oxidation sites excluding steroid dienone is 3. The molecule has 158 valence electrons. The van der Waals surface area contributed by atoms with E-state index in [-0.39, 0.29) is 5.54 Å². The average molecular weight is 420 g/mol. The summed E-state index contributed by atoms with van der Waals surface area (Å²) in [7, 11) is 0. The Hall–Kier alpha value is -3.83. The van der Waals surface area contributed by atoms with E-state index in [4.69, 9.17) is 21.1 Å². The molecule has 3 N–H and O–H groups in total. The predicted octanol–water partition coefficient (Wildman–Crippen LogP) is 5.64. The van der Waals surface area contributed by atoms with Crippen molar-refractivity contribution in [2.75, 3.05) is 0 Å². The number of hydrogen-bond acceptors (Lipinski definition) is 4. The van der Waals surface area contributed by atoms with E-state index >= 15 is 0 Å². The van der Waals surface area contributed by atoms with Crippen molar-refractivity contribution in [2.45, 2.75) is 24.8 Å². The minimum absolute atomic E-state index is 0.208. The molecule has 0 radical (unpaired) electrons. The van der Waals surface area contributed by atoms with E-state index in [1.54, 1.807) is 12.2 Å². The smallest absolute Gasteiger partial charge is 0.165 e. The van der Waals surface area contributed by atoms with Gasteiger partial charge < -0.3 is 11.1 Å². The SMILES string of the molecule is C=C/C=C(\C=N)c1nc2ccc(-c3ccccc3)nc2n1-c1ccc(C2(N)CCC2)cc1. The number of hydrogen-bond donors (Lipinski definition) is 2. The van der Waals surface area contributed by atoms with Crippen LogP contribution in [0, 0.1) is 5.41 Å². The molecule has 32 heavy (non-hydrogen) atoms. The van der Waals surface area contributed by atoms with Crippen molar-refractivity contribution >= 4 is 23.0 Å². The quantitative estimate of drug-likeness (QED) is 0.313. The molecule has 1 aliphatic rings. The summed E-state index contributed by atoms with van der Waals surface area (Å²) >= 11 is 0. The van der Waals surface area contributed by atoms with Crippen molar-refractivity contribution in [3.63, 3.8) is 0 Å². The summed E-state index contributed by atoms with van der Waals surface area (Å²) in [5, 5.41) is 7.93. The molecule has 5 heteroatoms. The number of nitrogens with two attached hydrogens (primary N) is 1. The van der Waals surface area contributed by atoms with Gasteiger partial charge in [-0.25, -0.2) is 9.97 Å². The lowest BCUT2D eigenvalue weighted by atomic mass is 9.73. The average Bonchev–Trinajstić information content (AvgIpc) is 3.20. The molecule has 2 aromatic heterocycles. The fourth-order valence-corrected chi connectivity index (χ4v) is 4.27. The summed E-state index contributed by atoms with van der Waals surface area (Å²) in [6, 6.07) is 22.4. The molecule has 2 heterocycles. The second-order valence-electron chi connectivity index (χ2n) is 8.23. The Labute approximate surface area is 187 Å². The van der Waals surface area contributed by atoms with E-state index < -0.39 is 0 Å². The summed E-state index contributed by atoms with van der Waals surface area (Å²) in [5.41, 5.74) is 12.5. The molecule has 0 amide bonds. The summed E-state index contributed by atoms with van der Waals surface area (Å²) in [4.78, 5) is 9.79. The van der Waals surface area contributed by atoms with E-state index in [2.05, 4.69) is 30.8 Å². The van der Waals surface area contributed by atoms with Gasteiger partial charge in [-0.3, -0.25) is 4.57 Å². The molecule has 4 aromatic rings. The summed E-state index contributed by atoms with van der Waals surface area (Å²) in [6.07, 6.45) is 7.98. The van der Waals surface area contributed by atoms with E-state index in [1.165, 1.54) is 12.6 Å². The summed E-state index contributed by atoms with van der Waals surface area (Å²) in [6.45, 7) is 3.79. The minimum Gasteiger partial charge on any atom is -0.321 e. The van der Waals surface area contributed by atoms with Gasteiger partial charge >= 0.3 is 0 Å². The van der Waals surface area contributed by atoms with Crippen molar-refractivity contribution in [1.82, 2.24) is 14.5 Å². The first-order chi connectivity index (χ1) is 15.6. The van der Waals surface area contributed by atoms with E-state index in [0.717, 1.165) is 46.5 Å². The van der Waals surface area contributed by atoms with Gasteiger partial charge in [0.15, 0.2) is 5.65 Å². The van der Waals surface area contributed by atoms with Gasteiger partial charge in [0.2, 0.25) is 0 Å². The molecule has 0 aliphatic heterocycles. The number of fused-ring (bicyclic) bond motifs is 1. The Bertz CT molecular complexity index is 1330. The predicted molar refractivity (Wildman–Crippen MR) is 131 cm³/mol. The third kappa shape index (κ3) is 3.37. The molecule has 1 fully saturated rings. The molecule has 5 rings (SSSR count). The normalized spacial score (nSPS) is 15.3. The first kappa shape index (κ1) is 20.1. The van der Waals surface area contributed by atoms with Gasteiger partial charge in [-0.1, -0.05) is 61.2 Å². The number of nitrogens with zero attached hydrogens (tertiary/aromatic N) is 3. The zero-order valence-electron chi connectivity index (χ0n) is 17.8. The van der Waals surface area contributed by atoms with Crippen LogP contribution >= 0.6 is 0 Å². The van der Waals surface area contributed by atoms with Gasteiger partial charge in [0.1, 0.15) is 11.3 Å². The van der Waals surface area contributed by atoms with E-state index in [0.29, 0.717) is 11.4 Å². The van der Waals surface area contributed by atoms with Crippen LogP contribution in [0.3, 0.4) is 0 Å². The first-order valence-electron chi connectivity index (χ1n) is 10.8. The van der Waals surface area contributed by atoms with E-state index in [1.807, 2.05) is 47.0 Å². The van der Waals surface area contributed by atoms with Crippen LogP contribution in [0.2, 0.25) is 0 Å². The van der Waals surface area contributed by atoms with Crippen molar-refractivity contribution in [3.05, 3.63) is 96.8 Å². The standard InChI is InChI=1S/C27H25N5/c1-2-7-20(18-28)25-31-24-15-14-23(19-8-4-3-5-9-19)30-26(24)32(25)22-12-10-21(11-13-22)27(29)16-6-17-27/h2-5,7-15,18,28H,1,6,16-17,29H2/b20-7+,28-18?. The van der Waals surface area contributed by atoms with Crippen LogP contribution in [0.1, 0.15) is 30.7 Å². The molecule has 5 nitrogen and oxygen atoms in total. The lowest BCUT2D eigenvalue weighted by Gasteiger charge is -2.38. The molecule has 1 saturated carbocycles. The molecule has 0 spiro atoms. The first-order valence-corrected chi connectivity index (χ1v) is 10.8. The Morgan fingerprint density at radius 3 is 2.38 bits per heavy atom. The molecule has 2 aromatic carbocycles. The maximum atomic E-state index is 7.93. The minimum atomic E-state index is -0.208. The van der Waals surface area contributed by atoms with Crippen LogP contribution < -0.4 is 5.73 Å².